The first kappa shape index (κ1) is 23.0. The molecule has 11 heteroatoms. The number of nitriles is 1. The van der Waals surface area contributed by atoms with E-state index in [0.29, 0.717) is 40.6 Å². The molecule has 158 valence electrons. The molecule has 30 heavy (non-hydrogen) atoms. The first-order valence-electron chi connectivity index (χ1n) is 8.96. The van der Waals surface area contributed by atoms with Crippen LogP contribution in [0.1, 0.15) is 15.9 Å². The van der Waals surface area contributed by atoms with Crippen LogP contribution in [0, 0.1) is 11.3 Å². The number of hydrazone groups is 1. The van der Waals surface area contributed by atoms with Gasteiger partial charge in [0.25, 0.3) is 5.91 Å². The molecular formula is C19H24N8O2S. The lowest BCUT2D eigenvalue weighted by molar-refractivity contribution is 0.0951. The Morgan fingerprint density at radius 2 is 2.13 bits per heavy atom. The van der Waals surface area contributed by atoms with Gasteiger partial charge in [0.2, 0.25) is 5.56 Å². The standard InChI is InChI=1S/C19H24N8O2S/c1-27(2)7-6-23-18(29)13-5-3-4-12(8-13)14-9-17(28)24-19(15(14)10-20)30-11-16(25-21)26-22/h3-5,8-9H,6-7,11,21-22H2,1-2H3,(H,23,29)(H,24,28)(H,25,26). The first-order valence-corrected chi connectivity index (χ1v) is 9.95. The van der Waals surface area contributed by atoms with Crippen molar-refractivity contribution in [3.8, 4) is 17.2 Å². The highest BCUT2D eigenvalue weighted by Gasteiger charge is 2.15. The number of pyridine rings is 1. The van der Waals surface area contributed by atoms with Crippen LogP contribution in [0.15, 0.2) is 45.3 Å². The average Bonchev–Trinajstić information content (AvgIpc) is 2.73. The van der Waals surface area contributed by atoms with Crippen LogP contribution in [-0.4, -0.2) is 54.6 Å². The third-order valence-electron chi connectivity index (χ3n) is 4.08. The Hall–Kier alpha value is -3.33. The van der Waals surface area contributed by atoms with Gasteiger partial charge in [-0.1, -0.05) is 23.9 Å². The van der Waals surface area contributed by atoms with E-state index in [-0.39, 0.29) is 22.8 Å². The van der Waals surface area contributed by atoms with Crippen molar-refractivity contribution in [2.75, 3.05) is 32.9 Å². The van der Waals surface area contributed by atoms with Crippen LogP contribution in [-0.2, 0) is 0 Å². The number of hydrogen-bond donors (Lipinski definition) is 5. The van der Waals surface area contributed by atoms with E-state index >= 15 is 0 Å². The number of benzene rings is 1. The smallest absolute Gasteiger partial charge is 0.251 e. The van der Waals surface area contributed by atoms with Gasteiger partial charge in [-0.2, -0.15) is 10.4 Å². The molecule has 0 fully saturated rings. The highest BCUT2D eigenvalue weighted by Crippen LogP contribution is 2.29. The second kappa shape index (κ2) is 11.0. The summed E-state index contributed by atoms with van der Waals surface area (Å²) in [7, 11) is 3.84. The number of amidine groups is 1. The molecule has 1 heterocycles. The van der Waals surface area contributed by atoms with Crippen molar-refractivity contribution in [2.24, 2.45) is 16.8 Å². The molecule has 0 saturated carbocycles. The first-order chi connectivity index (χ1) is 14.4. The van der Waals surface area contributed by atoms with Gasteiger partial charge in [-0.15, -0.1) is 0 Å². The number of nitrogens with zero attached hydrogens (tertiary/aromatic N) is 3. The number of nitrogens with two attached hydrogens (primary N) is 2. The van der Waals surface area contributed by atoms with Crippen molar-refractivity contribution >= 4 is 23.5 Å². The number of aromatic nitrogens is 1. The minimum absolute atomic E-state index is 0.227. The van der Waals surface area contributed by atoms with Crippen molar-refractivity contribution in [1.29, 1.82) is 5.26 Å². The van der Waals surface area contributed by atoms with E-state index in [1.807, 2.05) is 19.0 Å². The highest BCUT2D eigenvalue weighted by molar-refractivity contribution is 8.00. The summed E-state index contributed by atoms with van der Waals surface area (Å²) < 4.78 is 0. The van der Waals surface area contributed by atoms with Gasteiger partial charge in [0.05, 0.1) is 16.3 Å². The normalized spacial score (nSPS) is 11.2. The maximum absolute atomic E-state index is 12.4. The van der Waals surface area contributed by atoms with Crippen LogP contribution >= 0.6 is 11.8 Å². The Labute approximate surface area is 178 Å². The van der Waals surface area contributed by atoms with Gasteiger partial charge >= 0.3 is 0 Å². The van der Waals surface area contributed by atoms with Crippen LogP contribution < -0.4 is 28.0 Å². The Kier molecular flexibility index (Phi) is 8.42. The van der Waals surface area contributed by atoms with Crippen molar-refractivity contribution < 1.29 is 4.79 Å². The monoisotopic (exact) mass is 428 g/mol. The maximum Gasteiger partial charge on any atom is 0.251 e. The number of aromatic amines is 1. The molecule has 1 amide bonds. The fraction of sp³-hybridized carbons (Fsp3) is 0.263. The number of amides is 1. The number of H-pyrrole nitrogens is 1. The van der Waals surface area contributed by atoms with E-state index in [0.717, 1.165) is 11.8 Å². The Morgan fingerprint density at radius 3 is 2.77 bits per heavy atom. The maximum atomic E-state index is 12.4. The molecule has 0 unspecified atom stereocenters. The van der Waals surface area contributed by atoms with Crippen LogP contribution in [0.5, 0.6) is 0 Å². The number of rotatable bonds is 8. The predicted molar refractivity (Wildman–Crippen MR) is 118 cm³/mol. The molecule has 0 radical (unpaired) electrons. The summed E-state index contributed by atoms with van der Waals surface area (Å²) >= 11 is 1.16. The third kappa shape index (κ3) is 6.08. The summed E-state index contributed by atoms with van der Waals surface area (Å²) in [6, 6.07) is 10.3. The van der Waals surface area contributed by atoms with Gasteiger partial charge in [0, 0.05) is 30.3 Å². The number of carbonyl (C=O) groups excluding carboxylic acids is 1. The molecule has 0 aliphatic carbocycles. The predicted octanol–water partition coefficient (Wildman–Crippen LogP) is 0.0326. The lowest BCUT2D eigenvalue weighted by atomic mass is 10.00. The van der Waals surface area contributed by atoms with Crippen molar-refractivity contribution in [3.05, 3.63) is 51.8 Å². The number of nitrogens with one attached hydrogen (secondary N) is 3. The second-order valence-electron chi connectivity index (χ2n) is 6.51. The number of carbonyl (C=O) groups is 1. The zero-order valence-electron chi connectivity index (χ0n) is 16.7. The number of hydrazine groups is 1. The molecule has 0 aliphatic heterocycles. The summed E-state index contributed by atoms with van der Waals surface area (Å²) in [5, 5.41) is 16.4. The van der Waals surface area contributed by atoms with Crippen LogP contribution in [0.2, 0.25) is 0 Å². The summed E-state index contributed by atoms with van der Waals surface area (Å²) in [5.74, 6) is 10.8. The van der Waals surface area contributed by atoms with Gasteiger partial charge in [-0.3, -0.25) is 9.59 Å². The van der Waals surface area contributed by atoms with Crippen LogP contribution in [0.4, 0.5) is 0 Å². The Morgan fingerprint density at radius 1 is 1.37 bits per heavy atom. The summed E-state index contributed by atoms with van der Waals surface area (Å²) in [5.41, 5.74) is 3.70. The van der Waals surface area contributed by atoms with Gasteiger partial charge in [0.15, 0.2) is 0 Å². The molecule has 0 saturated heterocycles. The van der Waals surface area contributed by atoms with Crippen LogP contribution in [0.3, 0.4) is 0 Å². The lowest BCUT2D eigenvalue weighted by Crippen LogP contribution is -2.33. The zero-order valence-corrected chi connectivity index (χ0v) is 17.5. The van der Waals surface area contributed by atoms with Gasteiger partial charge in [0.1, 0.15) is 11.9 Å². The van der Waals surface area contributed by atoms with Gasteiger partial charge in [-0.05, 0) is 31.8 Å². The summed E-state index contributed by atoms with van der Waals surface area (Å²) in [4.78, 5) is 29.3. The summed E-state index contributed by atoms with van der Waals surface area (Å²) in [6.07, 6.45) is 0. The summed E-state index contributed by atoms with van der Waals surface area (Å²) in [6.45, 7) is 1.22. The van der Waals surface area contributed by atoms with E-state index in [1.54, 1.807) is 24.3 Å². The minimum atomic E-state index is -0.376. The molecule has 7 N–H and O–H groups in total. The molecule has 2 aromatic rings. The Balaban J connectivity index is 2.36. The molecule has 0 aliphatic rings. The molecule has 1 aromatic carbocycles. The van der Waals surface area contributed by atoms with Gasteiger partial charge < -0.3 is 26.5 Å². The largest absolute Gasteiger partial charge is 0.351 e. The fourth-order valence-corrected chi connectivity index (χ4v) is 3.47. The average molecular weight is 429 g/mol. The lowest BCUT2D eigenvalue weighted by Gasteiger charge is -2.12. The fourth-order valence-electron chi connectivity index (χ4n) is 2.56. The minimum Gasteiger partial charge on any atom is -0.351 e. The molecule has 0 bridgehead atoms. The topological polar surface area (TPSA) is 165 Å². The zero-order chi connectivity index (χ0) is 22.1. The Bertz CT molecular complexity index is 1030. The van der Waals surface area contributed by atoms with E-state index in [2.05, 4.69) is 26.9 Å². The van der Waals surface area contributed by atoms with Crippen molar-refractivity contribution in [3.63, 3.8) is 0 Å². The number of likely N-dealkylation sites (N-methyl/N-ethyl adjacent to an activating group) is 1. The van der Waals surface area contributed by atoms with Crippen LogP contribution in [0.25, 0.3) is 11.1 Å². The highest BCUT2D eigenvalue weighted by atomic mass is 32.2. The molecule has 0 atom stereocenters. The molecule has 1 aromatic heterocycles. The van der Waals surface area contributed by atoms with E-state index in [9.17, 15) is 14.9 Å². The quantitative estimate of drug-likeness (QED) is 0.129. The van der Waals surface area contributed by atoms with E-state index in [1.165, 1.54) is 6.07 Å². The number of hydrogen-bond acceptors (Lipinski definition) is 8. The van der Waals surface area contributed by atoms with Crippen molar-refractivity contribution in [1.82, 2.24) is 20.6 Å². The second-order valence-corrected chi connectivity index (χ2v) is 7.50. The number of thioether (sulfide) groups is 1. The van der Waals surface area contributed by atoms with E-state index < -0.39 is 0 Å². The van der Waals surface area contributed by atoms with Gasteiger partial charge in [-0.25, -0.2) is 5.84 Å². The van der Waals surface area contributed by atoms with Crippen molar-refractivity contribution in [2.45, 2.75) is 5.03 Å². The SMILES string of the molecule is CN(C)CCNC(=O)c1cccc(-c2cc(=O)[nH]c(SC/C(=N/N)NN)c2C#N)c1. The van der Waals surface area contributed by atoms with E-state index in [4.69, 9.17) is 11.7 Å². The molecule has 0 spiro atoms. The molecular weight excluding hydrogens is 404 g/mol. The molecule has 10 nitrogen and oxygen atoms in total. The third-order valence-corrected chi connectivity index (χ3v) is 5.09. The molecule has 2 rings (SSSR count).